The molecule has 4 heterocycles. The molecule has 1 aromatic heterocycles. The fourth-order valence-corrected chi connectivity index (χ4v) is 7.74. The fourth-order valence-electron chi connectivity index (χ4n) is 7.74. The van der Waals surface area contributed by atoms with Crippen molar-refractivity contribution < 1.29 is 29.0 Å². The van der Waals surface area contributed by atoms with Crippen molar-refractivity contribution >= 4 is 40.6 Å². The molecule has 0 aliphatic carbocycles. The molecule has 0 bridgehead atoms. The maximum Gasteiger partial charge on any atom is 0.407 e. The van der Waals surface area contributed by atoms with E-state index in [0.717, 1.165) is 65.8 Å². The Bertz CT molecular complexity index is 1900. The number of benzene rings is 2. The van der Waals surface area contributed by atoms with Gasteiger partial charge in [0.15, 0.2) is 0 Å². The lowest BCUT2D eigenvalue weighted by Crippen LogP contribution is -2.54. The Morgan fingerprint density at radius 1 is 0.887 bits per heavy atom. The second-order valence-electron chi connectivity index (χ2n) is 15.0. The topological polar surface area (TPSA) is 169 Å². The number of aliphatic imine (C=N–C) groups is 1. The van der Waals surface area contributed by atoms with Crippen molar-refractivity contribution in [2.24, 2.45) is 16.8 Å². The van der Waals surface area contributed by atoms with Crippen LogP contribution in [-0.2, 0) is 25.5 Å². The Kier molecular flexibility index (Phi) is 11.6. The van der Waals surface area contributed by atoms with Crippen LogP contribution in [0.25, 0.3) is 22.2 Å². The van der Waals surface area contributed by atoms with Gasteiger partial charge >= 0.3 is 6.09 Å². The van der Waals surface area contributed by atoms with Crippen LogP contribution in [0.3, 0.4) is 0 Å². The predicted molar refractivity (Wildman–Crippen MR) is 202 cm³/mol. The van der Waals surface area contributed by atoms with Crippen LogP contribution in [0.5, 0.6) is 0 Å². The number of aromatic nitrogens is 2. The molecule has 3 aromatic rings. The highest BCUT2D eigenvalue weighted by molar-refractivity contribution is 5.98. The molecule has 53 heavy (non-hydrogen) atoms. The number of hydrogen-bond acceptors (Lipinski definition) is 8. The molecule has 2 saturated heterocycles. The molecule has 2 fully saturated rings. The van der Waals surface area contributed by atoms with Crippen LogP contribution < -0.4 is 10.6 Å². The number of aliphatic hydroxyl groups excluding tert-OH is 1. The lowest BCUT2D eigenvalue weighted by Gasteiger charge is -2.31. The Hall–Kier alpha value is -5.04. The lowest BCUT2D eigenvalue weighted by atomic mass is 9.96. The number of carbonyl (C=O) groups excluding carboxylic acids is 4. The van der Waals surface area contributed by atoms with Crippen LogP contribution in [0, 0.1) is 11.8 Å². The number of aromatic amines is 1. The smallest absolute Gasteiger partial charge is 0.407 e. The van der Waals surface area contributed by atoms with Gasteiger partial charge in [-0.2, -0.15) is 0 Å². The molecule has 3 aliphatic rings. The molecule has 0 saturated carbocycles. The molecular formula is C40H51N7O6. The molecule has 4 amide bonds. The number of allylic oxidation sites excluding steroid dienone is 1. The highest BCUT2D eigenvalue weighted by Gasteiger charge is 2.39. The first kappa shape index (κ1) is 37.7. The molecule has 3 aliphatic heterocycles. The number of likely N-dealkylation sites (tertiary alicyclic amines) is 2. The van der Waals surface area contributed by atoms with Crippen molar-refractivity contribution in [3.05, 3.63) is 65.6 Å². The van der Waals surface area contributed by atoms with E-state index in [-0.39, 0.29) is 35.7 Å². The Balaban J connectivity index is 1.08. The number of hydrogen-bond donors (Lipinski definition) is 4. The molecular weight excluding hydrogens is 674 g/mol. The average molecular weight is 726 g/mol. The summed E-state index contributed by atoms with van der Waals surface area (Å²) < 4.78 is 4.76. The second-order valence-corrected chi connectivity index (χ2v) is 15.0. The van der Waals surface area contributed by atoms with Crippen LogP contribution in [0.4, 0.5) is 4.79 Å². The zero-order chi connectivity index (χ0) is 37.8. The first-order chi connectivity index (χ1) is 25.5. The minimum Gasteiger partial charge on any atom is -0.453 e. The predicted octanol–water partition coefficient (Wildman–Crippen LogP) is 4.67. The molecule has 0 radical (unpaired) electrons. The van der Waals surface area contributed by atoms with E-state index in [1.807, 2.05) is 49.8 Å². The molecule has 13 nitrogen and oxygen atoms in total. The van der Waals surface area contributed by atoms with Gasteiger partial charge in [0, 0.05) is 31.4 Å². The summed E-state index contributed by atoms with van der Waals surface area (Å²) in [6, 6.07) is 13.0. The quantitative estimate of drug-likeness (QED) is 0.210. The molecule has 4 atom stereocenters. The summed E-state index contributed by atoms with van der Waals surface area (Å²) in [5, 5.41) is 14.6. The van der Waals surface area contributed by atoms with Gasteiger partial charge in [-0.25, -0.2) is 9.78 Å². The highest BCUT2D eigenvalue weighted by Crippen LogP contribution is 2.34. The third-order valence-electron chi connectivity index (χ3n) is 10.6. The number of rotatable bonds is 12. The first-order valence-electron chi connectivity index (χ1n) is 18.7. The number of aliphatic hydroxyl groups is 1. The van der Waals surface area contributed by atoms with Gasteiger partial charge in [-0.3, -0.25) is 19.4 Å². The number of amides is 4. The lowest BCUT2D eigenvalue weighted by molar-refractivity contribution is -0.138. The van der Waals surface area contributed by atoms with Crippen molar-refractivity contribution in [2.75, 3.05) is 26.8 Å². The minimum atomic E-state index is -0.687. The number of nitrogens with zero attached hydrogens (tertiary/aromatic N) is 4. The van der Waals surface area contributed by atoms with E-state index in [1.54, 1.807) is 0 Å². The van der Waals surface area contributed by atoms with Gasteiger partial charge in [0.25, 0.3) is 0 Å². The number of fused-ring (bicyclic) bond motifs is 1. The third kappa shape index (κ3) is 8.30. The number of nitrogens with one attached hydrogen (secondary N) is 3. The zero-order valence-electron chi connectivity index (χ0n) is 31.2. The maximum absolute atomic E-state index is 13.6. The van der Waals surface area contributed by atoms with Crippen LogP contribution >= 0.6 is 0 Å². The van der Waals surface area contributed by atoms with Crippen molar-refractivity contribution in [3.8, 4) is 11.1 Å². The Morgan fingerprint density at radius 2 is 1.51 bits per heavy atom. The number of imidazole rings is 1. The number of alkyl carbamates (subject to hydrolysis) is 1. The van der Waals surface area contributed by atoms with E-state index in [2.05, 4.69) is 52.0 Å². The zero-order valence-corrected chi connectivity index (χ0v) is 31.2. The van der Waals surface area contributed by atoms with Crippen LogP contribution in [0.2, 0.25) is 0 Å². The number of H-pyrrole nitrogens is 1. The molecule has 4 unspecified atom stereocenters. The van der Waals surface area contributed by atoms with E-state index in [9.17, 15) is 24.3 Å². The summed E-state index contributed by atoms with van der Waals surface area (Å²) in [7, 11) is 1.29. The summed E-state index contributed by atoms with van der Waals surface area (Å²) in [4.78, 5) is 67.7. The SMILES string of the molecule is COC(=O)NC(C(=O)N1CCCC1c1nc2ccc(-c3ccc(CC4=CN=C(C5CCCN5C(=O)C(NC(=O)CO)C(C)C)C4)cc3)cc2[nH]1)C(C)C. The summed E-state index contributed by atoms with van der Waals surface area (Å²) >= 11 is 0. The molecule has 6 rings (SSSR count). The van der Waals surface area contributed by atoms with Gasteiger partial charge in [0.2, 0.25) is 17.7 Å². The summed E-state index contributed by atoms with van der Waals surface area (Å²) in [5.74, 6) is -0.285. The Labute approximate surface area is 310 Å². The van der Waals surface area contributed by atoms with Gasteiger partial charge in [0.1, 0.15) is 24.5 Å². The average Bonchev–Trinajstić information content (AvgIpc) is 3.98. The van der Waals surface area contributed by atoms with Crippen LogP contribution in [0.1, 0.15) is 77.2 Å². The van der Waals surface area contributed by atoms with Gasteiger partial charge in [-0.15, -0.1) is 0 Å². The summed E-state index contributed by atoms with van der Waals surface area (Å²) in [6.45, 7) is 8.16. The van der Waals surface area contributed by atoms with Gasteiger partial charge < -0.3 is 35.3 Å². The number of methoxy groups -OCH3 is 1. The summed E-state index contributed by atoms with van der Waals surface area (Å²) in [6.07, 6.45) is 6.11. The van der Waals surface area contributed by atoms with Crippen molar-refractivity contribution in [1.82, 2.24) is 30.4 Å². The highest BCUT2D eigenvalue weighted by atomic mass is 16.5. The summed E-state index contributed by atoms with van der Waals surface area (Å²) in [5.41, 5.74) is 7.18. The van der Waals surface area contributed by atoms with Crippen molar-refractivity contribution in [1.29, 1.82) is 0 Å². The third-order valence-corrected chi connectivity index (χ3v) is 10.6. The van der Waals surface area contributed by atoms with E-state index in [1.165, 1.54) is 18.2 Å². The molecule has 282 valence electrons. The van der Waals surface area contributed by atoms with E-state index < -0.39 is 30.7 Å². The molecule has 4 N–H and O–H groups in total. The normalized spacial score (nSPS) is 19.8. The van der Waals surface area contributed by atoms with Crippen LogP contribution in [0.15, 0.2) is 59.2 Å². The van der Waals surface area contributed by atoms with E-state index in [4.69, 9.17) is 14.7 Å². The van der Waals surface area contributed by atoms with Gasteiger partial charge in [-0.1, -0.05) is 58.0 Å². The van der Waals surface area contributed by atoms with Gasteiger partial charge in [0.05, 0.1) is 30.2 Å². The van der Waals surface area contributed by atoms with Crippen molar-refractivity contribution in [2.45, 2.75) is 90.4 Å². The number of ether oxygens (including phenoxy) is 1. The monoisotopic (exact) mass is 725 g/mol. The Morgan fingerprint density at radius 3 is 2.15 bits per heavy atom. The van der Waals surface area contributed by atoms with E-state index in [0.29, 0.717) is 19.5 Å². The van der Waals surface area contributed by atoms with Gasteiger partial charge in [-0.05, 0) is 78.3 Å². The largest absolute Gasteiger partial charge is 0.453 e. The van der Waals surface area contributed by atoms with E-state index >= 15 is 0 Å². The molecule has 0 spiro atoms. The fraction of sp³-hybridized carbons (Fsp3) is 0.500. The molecule has 2 aromatic carbocycles. The van der Waals surface area contributed by atoms with Crippen molar-refractivity contribution in [3.63, 3.8) is 0 Å². The standard InChI is InChI=1S/C40H51N7O6/c1-23(2)35(44-34(49)22-48)38(50)46-16-6-8-32(46)31-19-26(21-41-31)18-25-10-12-27(13-11-25)28-14-15-29-30(20-28)43-37(42-29)33-9-7-17-47(33)39(51)36(24(3)4)45-40(52)53-5/h10-15,20-21,23-24,32-33,35-36,48H,6-9,16-19,22H2,1-5H3,(H,42,43)(H,44,49)(H,45,52). The van der Waals surface area contributed by atoms with Crippen LogP contribution in [-0.4, -0.2) is 99.3 Å². The second kappa shape index (κ2) is 16.3. The number of carbonyl (C=O) groups is 4. The molecule has 13 heteroatoms. The minimum absolute atomic E-state index is 0.0958. The maximum atomic E-state index is 13.6. The first-order valence-corrected chi connectivity index (χ1v) is 18.7.